The number of anilines is 1. The van der Waals surface area contributed by atoms with Gasteiger partial charge >= 0.3 is 0 Å². The van der Waals surface area contributed by atoms with E-state index in [4.69, 9.17) is 17.2 Å². The van der Waals surface area contributed by atoms with Crippen LogP contribution in [0.25, 0.3) is 5.69 Å². The number of nitrogens with zero attached hydrogens (tertiary/aromatic N) is 3. The summed E-state index contributed by atoms with van der Waals surface area (Å²) >= 11 is 5.94. The summed E-state index contributed by atoms with van der Waals surface area (Å²) in [5, 5.41) is 4.33. The standard InChI is InChI=1S/C30H32N4S/c1-6-23-13-15-24(16-14-23)34-29(27(32-30(34)35)26-12-7-8-17-31-26)25-18-21(4)33(22(25)5)28-19(2)10-9-11-20(28)3/h7-18,27,29H,6H2,1-5H3,(H,32,35)/t27-,29-/m1/s1. The molecule has 0 spiro atoms. The van der Waals surface area contributed by atoms with E-state index in [0.29, 0.717) is 0 Å². The minimum absolute atomic E-state index is 0.0193. The Kier molecular flexibility index (Phi) is 6.20. The van der Waals surface area contributed by atoms with Crippen LogP contribution in [0.15, 0.2) is 72.9 Å². The van der Waals surface area contributed by atoms with Gasteiger partial charge in [0.05, 0.1) is 23.5 Å². The van der Waals surface area contributed by atoms with E-state index in [0.717, 1.165) is 22.9 Å². The first-order valence-electron chi connectivity index (χ1n) is 12.3. The van der Waals surface area contributed by atoms with Crippen LogP contribution in [-0.2, 0) is 6.42 Å². The monoisotopic (exact) mass is 480 g/mol. The second kappa shape index (κ2) is 9.31. The molecule has 2 aromatic carbocycles. The number of nitrogens with one attached hydrogen (secondary N) is 1. The van der Waals surface area contributed by atoms with E-state index in [-0.39, 0.29) is 12.1 Å². The summed E-state index contributed by atoms with van der Waals surface area (Å²) in [6, 6.07) is 23.6. The molecule has 35 heavy (non-hydrogen) atoms. The van der Waals surface area contributed by atoms with Gasteiger partial charge in [-0.1, -0.05) is 43.3 Å². The molecule has 4 nitrogen and oxygen atoms in total. The maximum absolute atomic E-state index is 5.94. The van der Waals surface area contributed by atoms with Crippen LogP contribution in [0.3, 0.4) is 0 Å². The summed E-state index contributed by atoms with van der Waals surface area (Å²) in [5.74, 6) is 0. The smallest absolute Gasteiger partial charge is 0.174 e. The van der Waals surface area contributed by atoms with Crippen molar-refractivity contribution in [3.63, 3.8) is 0 Å². The maximum Gasteiger partial charge on any atom is 0.174 e. The van der Waals surface area contributed by atoms with Crippen molar-refractivity contribution in [2.45, 2.75) is 53.1 Å². The minimum Gasteiger partial charge on any atom is -0.351 e. The first kappa shape index (κ1) is 23.3. The molecule has 1 aliphatic rings. The van der Waals surface area contributed by atoms with E-state index in [1.54, 1.807) is 0 Å². The van der Waals surface area contributed by atoms with E-state index in [1.807, 2.05) is 18.3 Å². The van der Waals surface area contributed by atoms with Crippen molar-refractivity contribution in [3.8, 4) is 5.69 Å². The van der Waals surface area contributed by atoms with Crippen LogP contribution >= 0.6 is 12.2 Å². The number of aromatic nitrogens is 2. The second-order valence-electron chi connectivity index (χ2n) is 9.42. The van der Waals surface area contributed by atoms with Crippen LogP contribution in [0.1, 0.15) is 58.3 Å². The molecule has 178 valence electrons. The molecule has 0 unspecified atom stereocenters. The number of pyridine rings is 1. The number of hydrogen-bond acceptors (Lipinski definition) is 2. The molecule has 0 bridgehead atoms. The molecular formula is C30H32N4S. The number of aryl methyl sites for hydroxylation is 4. The van der Waals surface area contributed by atoms with Gasteiger partial charge in [0.1, 0.15) is 0 Å². The molecule has 2 aromatic heterocycles. The summed E-state index contributed by atoms with van der Waals surface area (Å²) in [5.41, 5.74) is 10.9. The zero-order chi connectivity index (χ0) is 24.7. The van der Waals surface area contributed by atoms with Crippen molar-refractivity contribution in [3.05, 3.63) is 112 Å². The molecule has 4 aromatic rings. The Morgan fingerprint density at radius 1 is 0.914 bits per heavy atom. The van der Waals surface area contributed by atoms with Crippen molar-refractivity contribution in [1.82, 2.24) is 14.9 Å². The van der Waals surface area contributed by atoms with Gasteiger partial charge in [-0.15, -0.1) is 0 Å². The van der Waals surface area contributed by atoms with Gasteiger partial charge in [0.15, 0.2) is 5.11 Å². The highest BCUT2D eigenvalue weighted by atomic mass is 32.1. The zero-order valence-corrected chi connectivity index (χ0v) is 21.9. The number of thiocarbonyl (C=S) groups is 1. The summed E-state index contributed by atoms with van der Waals surface area (Å²) in [6.45, 7) is 11.0. The van der Waals surface area contributed by atoms with Crippen LogP contribution < -0.4 is 10.2 Å². The third kappa shape index (κ3) is 4.04. The largest absolute Gasteiger partial charge is 0.351 e. The van der Waals surface area contributed by atoms with E-state index < -0.39 is 0 Å². The topological polar surface area (TPSA) is 33.1 Å². The SMILES string of the molecule is CCc1ccc(N2C(=S)N[C@H](c3ccccn3)[C@H]2c2cc(C)n(-c3c(C)cccc3C)c2C)cc1. The molecule has 0 amide bonds. The molecule has 5 rings (SSSR count). The van der Waals surface area contributed by atoms with Crippen LogP contribution in [0, 0.1) is 27.7 Å². The predicted molar refractivity (Wildman–Crippen MR) is 148 cm³/mol. The highest BCUT2D eigenvalue weighted by Gasteiger charge is 2.42. The fourth-order valence-electron chi connectivity index (χ4n) is 5.43. The second-order valence-corrected chi connectivity index (χ2v) is 9.81. The molecule has 3 heterocycles. The fourth-order valence-corrected chi connectivity index (χ4v) is 5.78. The van der Waals surface area contributed by atoms with Crippen LogP contribution in [-0.4, -0.2) is 14.7 Å². The van der Waals surface area contributed by atoms with Crippen molar-refractivity contribution >= 4 is 23.0 Å². The third-order valence-corrected chi connectivity index (χ3v) is 7.49. The highest BCUT2D eigenvalue weighted by molar-refractivity contribution is 7.80. The zero-order valence-electron chi connectivity index (χ0n) is 21.0. The molecule has 1 aliphatic heterocycles. The summed E-state index contributed by atoms with van der Waals surface area (Å²) < 4.78 is 2.40. The molecule has 1 fully saturated rings. The van der Waals surface area contributed by atoms with E-state index >= 15 is 0 Å². The molecule has 1 saturated heterocycles. The fraction of sp³-hybridized carbons (Fsp3) is 0.267. The van der Waals surface area contributed by atoms with Crippen LogP contribution in [0.2, 0.25) is 0 Å². The quantitative estimate of drug-likeness (QED) is 0.317. The first-order chi connectivity index (χ1) is 16.9. The molecule has 0 aliphatic carbocycles. The predicted octanol–water partition coefficient (Wildman–Crippen LogP) is 6.85. The maximum atomic E-state index is 5.94. The molecule has 5 heteroatoms. The van der Waals surface area contributed by atoms with Crippen molar-refractivity contribution in [2.24, 2.45) is 0 Å². The Morgan fingerprint density at radius 2 is 1.63 bits per heavy atom. The summed E-state index contributed by atoms with van der Waals surface area (Å²) in [4.78, 5) is 6.98. The van der Waals surface area contributed by atoms with Crippen molar-refractivity contribution in [1.29, 1.82) is 0 Å². The molecule has 1 N–H and O–H groups in total. The first-order valence-corrected chi connectivity index (χ1v) is 12.7. The lowest BCUT2D eigenvalue weighted by molar-refractivity contribution is 0.565. The molecular weight excluding hydrogens is 448 g/mol. The summed E-state index contributed by atoms with van der Waals surface area (Å²) in [6.07, 6.45) is 2.87. The number of para-hydroxylation sites is 1. The van der Waals surface area contributed by atoms with Gasteiger partial charge in [0.2, 0.25) is 0 Å². The van der Waals surface area contributed by atoms with Crippen LogP contribution in [0.5, 0.6) is 0 Å². The normalized spacial score (nSPS) is 17.6. The van der Waals surface area contributed by atoms with E-state index in [2.05, 4.69) is 104 Å². The Bertz CT molecular complexity index is 1350. The lowest BCUT2D eigenvalue weighted by Crippen LogP contribution is -2.29. The Balaban J connectivity index is 1.69. The van der Waals surface area contributed by atoms with Gasteiger partial charge in [0, 0.05) is 23.3 Å². The van der Waals surface area contributed by atoms with Crippen LogP contribution in [0.4, 0.5) is 5.69 Å². The van der Waals surface area contributed by atoms with E-state index in [9.17, 15) is 0 Å². The van der Waals surface area contributed by atoms with E-state index in [1.165, 1.54) is 39.3 Å². The van der Waals surface area contributed by atoms with Crippen molar-refractivity contribution < 1.29 is 0 Å². The van der Waals surface area contributed by atoms with Gasteiger partial charge in [-0.25, -0.2) is 0 Å². The van der Waals surface area contributed by atoms with Gasteiger partial charge in [-0.05, 0) is 98.9 Å². The Morgan fingerprint density at radius 3 is 2.26 bits per heavy atom. The molecule has 2 atom stereocenters. The molecule has 0 radical (unpaired) electrons. The van der Waals surface area contributed by atoms with Gasteiger partial charge in [0.25, 0.3) is 0 Å². The lowest BCUT2D eigenvalue weighted by atomic mass is 9.96. The minimum atomic E-state index is -0.0542. The van der Waals surface area contributed by atoms with Gasteiger partial charge in [-0.2, -0.15) is 0 Å². The number of benzene rings is 2. The number of rotatable bonds is 5. The Hall–Kier alpha value is -3.44. The number of hydrogen-bond donors (Lipinski definition) is 1. The molecule has 0 saturated carbocycles. The van der Waals surface area contributed by atoms with Gasteiger partial charge in [-0.3, -0.25) is 4.98 Å². The Labute approximate surface area is 213 Å². The summed E-state index contributed by atoms with van der Waals surface area (Å²) in [7, 11) is 0. The van der Waals surface area contributed by atoms with Crippen molar-refractivity contribution in [2.75, 3.05) is 4.90 Å². The average molecular weight is 481 g/mol. The average Bonchev–Trinajstić information content (AvgIpc) is 3.35. The van der Waals surface area contributed by atoms with Gasteiger partial charge < -0.3 is 14.8 Å². The highest BCUT2D eigenvalue weighted by Crippen LogP contribution is 2.44. The lowest BCUT2D eigenvalue weighted by Gasteiger charge is -2.28. The third-order valence-electron chi connectivity index (χ3n) is 7.17.